The molecule has 0 bridgehead atoms. The van der Waals surface area contributed by atoms with Crippen molar-refractivity contribution in [2.24, 2.45) is 5.92 Å². The Hall–Kier alpha value is -1.65. The van der Waals surface area contributed by atoms with E-state index >= 15 is 0 Å². The van der Waals surface area contributed by atoms with E-state index in [0.29, 0.717) is 13.1 Å². The zero-order valence-electron chi connectivity index (χ0n) is 14.0. The minimum Gasteiger partial charge on any atom is -0.468 e. The zero-order chi connectivity index (χ0) is 18.6. The molecule has 8 nitrogen and oxygen atoms in total. The molecule has 0 aromatic heterocycles. The number of benzene rings is 1. The van der Waals surface area contributed by atoms with Crippen molar-refractivity contribution >= 4 is 33.4 Å². The van der Waals surface area contributed by atoms with E-state index in [9.17, 15) is 23.3 Å². The van der Waals surface area contributed by atoms with Crippen LogP contribution in [0.1, 0.15) is 19.8 Å². The number of sulfonamides is 1. The number of methoxy groups -OCH3 is 1. The molecular formula is C15H20N2O6S2. The number of hydrogen-bond donors (Lipinski definition) is 0. The molecule has 1 fully saturated rings. The number of rotatable bonds is 6. The minimum atomic E-state index is -3.78. The fraction of sp³-hybridized carbons (Fsp3) is 0.533. The number of esters is 1. The Morgan fingerprint density at radius 3 is 2.80 bits per heavy atom. The van der Waals surface area contributed by atoms with Crippen LogP contribution in [0.2, 0.25) is 0 Å². The third-order valence-electron chi connectivity index (χ3n) is 3.96. The topological polar surface area (TPSA) is 107 Å². The van der Waals surface area contributed by atoms with Gasteiger partial charge in [0.2, 0.25) is 10.0 Å². The van der Waals surface area contributed by atoms with Crippen molar-refractivity contribution < 1.29 is 22.9 Å². The summed E-state index contributed by atoms with van der Waals surface area (Å²) >= 11 is 0.939. The van der Waals surface area contributed by atoms with Gasteiger partial charge in [-0.1, -0.05) is 6.92 Å². The molecule has 1 aromatic rings. The summed E-state index contributed by atoms with van der Waals surface area (Å²) in [4.78, 5) is 22.0. The predicted molar refractivity (Wildman–Crippen MR) is 93.0 cm³/mol. The van der Waals surface area contributed by atoms with Crippen molar-refractivity contribution in [3.63, 3.8) is 0 Å². The first kappa shape index (κ1) is 19.7. The van der Waals surface area contributed by atoms with Crippen molar-refractivity contribution in [1.29, 1.82) is 0 Å². The van der Waals surface area contributed by atoms with E-state index in [2.05, 4.69) is 4.74 Å². The Kier molecular flexibility index (Phi) is 6.42. The monoisotopic (exact) mass is 388 g/mol. The summed E-state index contributed by atoms with van der Waals surface area (Å²) in [6, 6.07) is 3.78. The molecule has 138 valence electrons. The fourth-order valence-corrected chi connectivity index (χ4v) is 5.09. The Morgan fingerprint density at radius 2 is 2.20 bits per heavy atom. The van der Waals surface area contributed by atoms with E-state index in [1.807, 2.05) is 6.92 Å². The van der Waals surface area contributed by atoms with Gasteiger partial charge in [-0.25, -0.2) is 8.42 Å². The molecule has 0 saturated carbocycles. The largest absolute Gasteiger partial charge is 0.468 e. The van der Waals surface area contributed by atoms with Crippen LogP contribution in [0.25, 0.3) is 0 Å². The maximum absolute atomic E-state index is 12.8. The van der Waals surface area contributed by atoms with Crippen molar-refractivity contribution in [3.05, 3.63) is 28.3 Å². The summed E-state index contributed by atoms with van der Waals surface area (Å²) in [5, 5.41) is 11.3. The smallest absolute Gasteiger partial charge is 0.315 e. The third-order valence-corrected chi connectivity index (χ3v) is 6.86. The Morgan fingerprint density at radius 1 is 1.48 bits per heavy atom. The summed E-state index contributed by atoms with van der Waals surface area (Å²) in [5.41, 5.74) is -0.333. The average Bonchev–Trinajstić information content (AvgIpc) is 2.59. The maximum Gasteiger partial charge on any atom is 0.315 e. The highest BCUT2D eigenvalue weighted by Crippen LogP contribution is 2.33. The summed E-state index contributed by atoms with van der Waals surface area (Å²) in [6.07, 6.45) is 1.74. The molecular weight excluding hydrogens is 368 g/mol. The average molecular weight is 388 g/mol. The van der Waals surface area contributed by atoms with E-state index in [1.165, 1.54) is 23.5 Å². The van der Waals surface area contributed by atoms with Crippen LogP contribution in [0.3, 0.4) is 0 Å². The molecule has 1 saturated heterocycles. The molecule has 0 unspecified atom stereocenters. The molecule has 10 heteroatoms. The molecule has 0 N–H and O–H groups in total. The fourth-order valence-electron chi connectivity index (χ4n) is 2.63. The molecule has 1 aliphatic rings. The van der Waals surface area contributed by atoms with Gasteiger partial charge >= 0.3 is 5.97 Å². The number of carbonyl (C=O) groups excluding carboxylic acids is 1. The third kappa shape index (κ3) is 4.71. The van der Waals surface area contributed by atoms with Crippen LogP contribution in [-0.4, -0.2) is 49.6 Å². The normalized spacial score (nSPS) is 18.7. The van der Waals surface area contributed by atoms with Crippen molar-refractivity contribution in [3.8, 4) is 0 Å². The van der Waals surface area contributed by atoms with Crippen LogP contribution in [0, 0.1) is 16.0 Å². The Bertz CT molecular complexity index is 765. The van der Waals surface area contributed by atoms with Gasteiger partial charge in [-0.05, 0) is 30.9 Å². The first-order valence-electron chi connectivity index (χ1n) is 7.74. The van der Waals surface area contributed by atoms with Gasteiger partial charge in [-0.3, -0.25) is 14.9 Å². The molecule has 1 aromatic carbocycles. The quantitative estimate of drug-likeness (QED) is 0.318. The number of thioether (sulfide) groups is 1. The van der Waals surface area contributed by atoms with Gasteiger partial charge in [-0.2, -0.15) is 4.31 Å². The summed E-state index contributed by atoms with van der Waals surface area (Å²) in [6.45, 7) is 2.81. The molecule has 25 heavy (non-hydrogen) atoms. The molecule has 0 radical (unpaired) electrons. The van der Waals surface area contributed by atoms with Gasteiger partial charge in [0, 0.05) is 19.2 Å². The zero-order valence-corrected chi connectivity index (χ0v) is 15.6. The van der Waals surface area contributed by atoms with Crippen LogP contribution in [0.4, 0.5) is 5.69 Å². The van der Waals surface area contributed by atoms with Gasteiger partial charge in [0.25, 0.3) is 5.69 Å². The Labute approximate surface area is 150 Å². The van der Waals surface area contributed by atoms with Crippen LogP contribution in [-0.2, 0) is 19.6 Å². The molecule has 1 aliphatic heterocycles. The number of nitrogens with zero attached hydrogens (tertiary/aromatic N) is 2. The number of piperidine rings is 1. The lowest BCUT2D eigenvalue weighted by atomic mass is 10.0. The first-order valence-corrected chi connectivity index (χ1v) is 10.2. The lowest BCUT2D eigenvalue weighted by molar-refractivity contribution is -0.388. The highest BCUT2D eigenvalue weighted by atomic mass is 32.2. The van der Waals surface area contributed by atoms with Crippen LogP contribution in [0.5, 0.6) is 0 Å². The van der Waals surface area contributed by atoms with E-state index in [-0.39, 0.29) is 27.1 Å². The van der Waals surface area contributed by atoms with Crippen molar-refractivity contribution in [2.75, 3.05) is 26.0 Å². The van der Waals surface area contributed by atoms with Gasteiger partial charge in [0.1, 0.15) is 0 Å². The highest BCUT2D eigenvalue weighted by Gasteiger charge is 2.30. The van der Waals surface area contributed by atoms with E-state index in [4.69, 9.17) is 0 Å². The summed E-state index contributed by atoms with van der Waals surface area (Å²) in [5.74, 6) is -0.348. The lowest BCUT2D eigenvalue weighted by Gasteiger charge is -2.30. The number of nitro groups is 1. The summed E-state index contributed by atoms with van der Waals surface area (Å²) in [7, 11) is -2.55. The molecule has 0 spiro atoms. The molecule has 0 amide bonds. The van der Waals surface area contributed by atoms with Gasteiger partial charge in [0.15, 0.2) is 0 Å². The van der Waals surface area contributed by atoms with E-state index in [0.717, 1.165) is 30.7 Å². The number of carbonyl (C=O) groups is 1. The second-order valence-electron chi connectivity index (χ2n) is 5.86. The number of ether oxygens (including phenoxy) is 1. The number of nitro benzene ring substituents is 1. The van der Waals surface area contributed by atoms with Crippen molar-refractivity contribution in [2.45, 2.75) is 29.6 Å². The van der Waals surface area contributed by atoms with Gasteiger partial charge in [-0.15, -0.1) is 11.8 Å². The van der Waals surface area contributed by atoms with Crippen LogP contribution in [0.15, 0.2) is 28.0 Å². The van der Waals surface area contributed by atoms with Crippen LogP contribution < -0.4 is 0 Å². The van der Waals surface area contributed by atoms with E-state index in [1.54, 1.807) is 0 Å². The molecule has 2 rings (SSSR count). The standard InChI is InChI=1S/C15H20N2O6S2/c1-11-4-3-7-16(9-11)25(21,22)12-5-6-14(13(8-12)17(19)20)24-10-15(18)23-2/h5-6,8,11H,3-4,7,9-10H2,1-2H3/t11-/m0/s1. The second-order valence-corrected chi connectivity index (χ2v) is 8.82. The van der Waals surface area contributed by atoms with Crippen molar-refractivity contribution in [1.82, 2.24) is 4.31 Å². The number of hydrogen-bond acceptors (Lipinski definition) is 7. The van der Waals surface area contributed by atoms with Gasteiger partial charge < -0.3 is 4.74 Å². The molecule has 0 aliphatic carbocycles. The minimum absolute atomic E-state index is 0.0902. The first-order chi connectivity index (χ1) is 11.8. The van der Waals surface area contributed by atoms with Gasteiger partial charge in [0.05, 0.1) is 27.6 Å². The predicted octanol–water partition coefficient (Wildman–Crippen LogP) is 2.28. The molecule has 1 atom stereocenters. The highest BCUT2D eigenvalue weighted by molar-refractivity contribution is 8.00. The summed E-state index contributed by atoms with van der Waals surface area (Å²) < 4.78 is 31.4. The maximum atomic E-state index is 12.8. The van der Waals surface area contributed by atoms with E-state index < -0.39 is 20.9 Å². The lowest BCUT2D eigenvalue weighted by Crippen LogP contribution is -2.39. The molecule has 1 heterocycles. The Balaban J connectivity index is 2.31. The van der Waals surface area contributed by atoms with Crippen LogP contribution >= 0.6 is 11.8 Å². The second kappa shape index (κ2) is 8.15. The SMILES string of the molecule is COC(=O)CSc1ccc(S(=O)(=O)N2CCC[C@H](C)C2)cc1[N+](=O)[O-].